The highest BCUT2D eigenvalue weighted by Crippen LogP contribution is 2.21. The van der Waals surface area contributed by atoms with Gasteiger partial charge in [-0.25, -0.2) is 13.2 Å². The Labute approximate surface area is 89.1 Å². The summed E-state index contributed by atoms with van der Waals surface area (Å²) in [7, 11) is 0. The highest BCUT2D eigenvalue weighted by atomic mass is 35.5. The van der Waals surface area contributed by atoms with E-state index in [1.807, 2.05) is 0 Å². The summed E-state index contributed by atoms with van der Waals surface area (Å²) < 4.78 is 38.4. The zero-order valence-corrected chi connectivity index (χ0v) is 8.02. The zero-order chi connectivity index (χ0) is 10.9. The average Bonchev–Trinajstić information content (AvgIpc) is 2.12. The van der Waals surface area contributed by atoms with Crippen LogP contribution in [0.25, 0.3) is 0 Å². The van der Waals surface area contributed by atoms with Crippen molar-refractivity contribution >= 4 is 18.4 Å². The number of carboxylic acids is 1. The molecule has 84 valence electrons. The Morgan fingerprint density at radius 3 is 2.20 bits per heavy atom. The van der Waals surface area contributed by atoms with Gasteiger partial charge in [-0.05, 0) is 12.1 Å². The van der Waals surface area contributed by atoms with E-state index in [1.165, 1.54) is 0 Å². The molecule has 7 heteroatoms. The van der Waals surface area contributed by atoms with E-state index in [0.717, 1.165) is 0 Å². The first-order valence-electron chi connectivity index (χ1n) is 3.57. The van der Waals surface area contributed by atoms with E-state index in [2.05, 4.69) is 0 Å². The molecule has 1 aromatic carbocycles. The number of aliphatic carboxylic acids is 1. The Morgan fingerprint density at radius 2 is 1.73 bits per heavy atom. The minimum atomic E-state index is -1.91. The van der Waals surface area contributed by atoms with Gasteiger partial charge < -0.3 is 10.8 Å². The van der Waals surface area contributed by atoms with Crippen LogP contribution in [-0.4, -0.2) is 11.1 Å². The summed E-state index contributed by atoms with van der Waals surface area (Å²) in [6.07, 6.45) is 0. The maximum absolute atomic E-state index is 12.9. The molecule has 0 heterocycles. The summed E-state index contributed by atoms with van der Waals surface area (Å²) in [6, 6.07) is -0.732. The number of rotatable bonds is 2. The maximum atomic E-state index is 12.9. The van der Waals surface area contributed by atoms with Gasteiger partial charge in [-0.15, -0.1) is 12.4 Å². The predicted molar refractivity (Wildman–Crippen MR) is 48.1 cm³/mol. The highest BCUT2D eigenvalue weighted by Gasteiger charge is 2.24. The second kappa shape index (κ2) is 4.99. The molecule has 0 bridgehead atoms. The van der Waals surface area contributed by atoms with Gasteiger partial charge in [-0.1, -0.05) is 0 Å². The number of halogens is 4. The van der Waals surface area contributed by atoms with E-state index in [9.17, 15) is 18.0 Å². The van der Waals surface area contributed by atoms with E-state index < -0.39 is 35.0 Å². The van der Waals surface area contributed by atoms with Crippen molar-refractivity contribution in [3.8, 4) is 0 Å². The summed E-state index contributed by atoms with van der Waals surface area (Å²) in [5.74, 6) is -5.72. The zero-order valence-electron chi connectivity index (χ0n) is 7.21. The number of hydrogen-bond acceptors (Lipinski definition) is 2. The van der Waals surface area contributed by atoms with Crippen LogP contribution in [0.5, 0.6) is 0 Å². The minimum Gasteiger partial charge on any atom is -0.480 e. The van der Waals surface area contributed by atoms with Crippen molar-refractivity contribution in [3.63, 3.8) is 0 Å². The molecule has 0 aliphatic heterocycles. The average molecular weight is 242 g/mol. The number of carboxylic acid groups (broad SMARTS) is 1. The van der Waals surface area contributed by atoms with Crippen LogP contribution >= 0.6 is 12.4 Å². The minimum absolute atomic E-state index is 0. The van der Waals surface area contributed by atoms with E-state index in [-0.39, 0.29) is 12.4 Å². The second-order valence-corrected chi connectivity index (χ2v) is 2.57. The lowest BCUT2D eigenvalue weighted by Crippen LogP contribution is -2.23. The molecule has 0 fully saturated rings. The van der Waals surface area contributed by atoms with Crippen LogP contribution < -0.4 is 5.73 Å². The Bertz CT molecular complexity index is 386. The van der Waals surface area contributed by atoms with Crippen LogP contribution in [0.1, 0.15) is 11.6 Å². The fourth-order valence-corrected chi connectivity index (χ4v) is 0.951. The van der Waals surface area contributed by atoms with Crippen LogP contribution in [0, 0.1) is 17.5 Å². The molecule has 1 atom stereocenters. The molecule has 1 rings (SSSR count). The molecule has 1 aromatic rings. The largest absolute Gasteiger partial charge is 0.480 e. The van der Waals surface area contributed by atoms with E-state index in [4.69, 9.17) is 10.8 Å². The van der Waals surface area contributed by atoms with Crippen molar-refractivity contribution < 1.29 is 23.1 Å². The lowest BCUT2D eigenvalue weighted by atomic mass is 10.1. The van der Waals surface area contributed by atoms with Crippen LogP contribution in [0.4, 0.5) is 13.2 Å². The van der Waals surface area contributed by atoms with Crippen molar-refractivity contribution in [2.75, 3.05) is 0 Å². The van der Waals surface area contributed by atoms with Gasteiger partial charge in [0.15, 0.2) is 11.6 Å². The molecule has 1 unspecified atom stereocenters. The first kappa shape index (κ1) is 13.7. The molecule has 3 nitrogen and oxygen atoms in total. The van der Waals surface area contributed by atoms with Crippen LogP contribution in [0.3, 0.4) is 0 Å². The lowest BCUT2D eigenvalue weighted by Gasteiger charge is -2.09. The summed E-state index contributed by atoms with van der Waals surface area (Å²) in [5.41, 5.74) is 3.99. The first-order valence-corrected chi connectivity index (χ1v) is 3.57. The molecule has 3 N–H and O–H groups in total. The summed E-state index contributed by atoms with van der Waals surface area (Å²) >= 11 is 0. The van der Waals surface area contributed by atoms with Gasteiger partial charge in [0.25, 0.3) is 0 Å². The molecule has 0 saturated heterocycles. The third-order valence-electron chi connectivity index (χ3n) is 1.66. The van der Waals surface area contributed by atoms with Crippen LogP contribution in [0.2, 0.25) is 0 Å². The Kier molecular flexibility index (Phi) is 4.57. The van der Waals surface area contributed by atoms with Gasteiger partial charge in [0, 0.05) is 0 Å². The monoisotopic (exact) mass is 241 g/mol. The van der Waals surface area contributed by atoms with Gasteiger partial charge in [-0.3, -0.25) is 4.79 Å². The fourth-order valence-electron chi connectivity index (χ4n) is 0.951. The Balaban J connectivity index is 0.00000196. The third-order valence-corrected chi connectivity index (χ3v) is 1.66. The van der Waals surface area contributed by atoms with Gasteiger partial charge in [0.05, 0.1) is 5.56 Å². The predicted octanol–water partition coefficient (Wildman–Crippen LogP) is 1.61. The summed E-state index contributed by atoms with van der Waals surface area (Å²) in [4.78, 5) is 10.3. The van der Waals surface area contributed by atoms with Gasteiger partial charge in [0.2, 0.25) is 0 Å². The Hall–Kier alpha value is -1.27. The van der Waals surface area contributed by atoms with Crippen LogP contribution in [0.15, 0.2) is 12.1 Å². The number of benzene rings is 1. The molecule has 0 amide bonds. The number of hydrogen-bond donors (Lipinski definition) is 2. The third kappa shape index (κ3) is 2.60. The standard InChI is InChI=1S/C8H6F3NO2.ClH/c9-3-1-2-4(10)6(11)5(3)7(12)8(13)14;/h1-2,7H,12H2,(H,13,14);1H. The van der Waals surface area contributed by atoms with Crippen molar-refractivity contribution in [1.82, 2.24) is 0 Å². The van der Waals surface area contributed by atoms with Gasteiger partial charge in [0.1, 0.15) is 11.9 Å². The summed E-state index contributed by atoms with van der Waals surface area (Å²) in [6.45, 7) is 0. The van der Waals surface area contributed by atoms with E-state index >= 15 is 0 Å². The van der Waals surface area contributed by atoms with Crippen molar-refractivity contribution in [2.24, 2.45) is 5.73 Å². The van der Waals surface area contributed by atoms with E-state index in [0.29, 0.717) is 12.1 Å². The molecule has 0 radical (unpaired) electrons. The molecule has 0 saturated carbocycles. The molecular formula is C8H7ClF3NO2. The summed E-state index contributed by atoms with van der Waals surface area (Å²) in [5, 5.41) is 8.39. The first-order chi connectivity index (χ1) is 6.45. The number of nitrogens with two attached hydrogens (primary N) is 1. The molecule has 0 aliphatic carbocycles. The fraction of sp³-hybridized carbons (Fsp3) is 0.125. The topological polar surface area (TPSA) is 63.3 Å². The van der Waals surface area contributed by atoms with Crippen molar-refractivity contribution in [2.45, 2.75) is 6.04 Å². The van der Waals surface area contributed by atoms with Gasteiger partial charge >= 0.3 is 5.97 Å². The molecule has 0 aliphatic rings. The van der Waals surface area contributed by atoms with Crippen molar-refractivity contribution in [3.05, 3.63) is 35.1 Å². The normalized spacial score (nSPS) is 11.7. The van der Waals surface area contributed by atoms with E-state index in [1.54, 1.807) is 0 Å². The molecule has 0 spiro atoms. The second-order valence-electron chi connectivity index (χ2n) is 2.57. The van der Waals surface area contributed by atoms with Crippen molar-refractivity contribution in [1.29, 1.82) is 0 Å². The quantitative estimate of drug-likeness (QED) is 0.774. The van der Waals surface area contributed by atoms with Crippen LogP contribution in [-0.2, 0) is 4.79 Å². The Morgan fingerprint density at radius 1 is 1.27 bits per heavy atom. The molecule has 15 heavy (non-hydrogen) atoms. The number of carbonyl (C=O) groups is 1. The lowest BCUT2D eigenvalue weighted by molar-refractivity contribution is -0.138. The highest BCUT2D eigenvalue weighted by molar-refractivity contribution is 5.85. The molecule has 0 aromatic heterocycles. The smallest absolute Gasteiger partial charge is 0.325 e. The van der Waals surface area contributed by atoms with Gasteiger partial charge in [-0.2, -0.15) is 0 Å². The SMILES string of the molecule is Cl.NC(C(=O)O)c1c(F)ccc(F)c1F. The maximum Gasteiger partial charge on any atom is 0.325 e. The molecular weight excluding hydrogens is 235 g/mol.